The van der Waals surface area contributed by atoms with E-state index in [1.165, 1.54) is 24.5 Å². The molecule has 25 heavy (non-hydrogen) atoms. The first-order valence-corrected chi connectivity index (χ1v) is 8.60. The summed E-state index contributed by atoms with van der Waals surface area (Å²) in [4.78, 5) is 12.0. The number of rotatable bonds is 3. The van der Waals surface area contributed by atoms with Crippen molar-refractivity contribution in [3.05, 3.63) is 52.8 Å². The summed E-state index contributed by atoms with van der Waals surface area (Å²) in [6.45, 7) is 0. The molecule has 0 radical (unpaired) electrons. The normalized spacial score (nSPS) is 16.2. The van der Waals surface area contributed by atoms with E-state index in [4.69, 9.17) is 10.00 Å². The molecule has 0 spiro atoms. The summed E-state index contributed by atoms with van der Waals surface area (Å²) in [6.07, 6.45) is 0.401. The van der Waals surface area contributed by atoms with Gasteiger partial charge in [-0.2, -0.15) is 14.0 Å². The van der Waals surface area contributed by atoms with Crippen molar-refractivity contribution >= 4 is 16.6 Å². The number of hydrogen-bond donors (Lipinski definition) is 0. The van der Waals surface area contributed by atoms with Gasteiger partial charge in [0.2, 0.25) is 5.78 Å². The van der Waals surface area contributed by atoms with E-state index >= 15 is 0 Å². The second kappa shape index (κ2) is 6.01. The molecule has 3 rings (SSSR count). The van der Waals surface area contributed by atoms with Crippen LogP contribution in [-0.2, 0) is 17.2 Å². The van der Waals surface area contributed by atoms with Crippen LogP contribution in [-0.4, -0.2) is 22.2 Å². The number of hydrogen-bond acceptors (Lipinski definition) is 4. The van der Waals surface area contributed by atoms with Gasteiger partial charge in [0, 0.05) is 23.8 Å². The number of Topliss-reactive ketones (excluding diaryl/α,β-unsaturated/α-hetero) is 1. The molecule has 0 saturated heterocycles. The van der Waals surface area contributed by atoms with Gasteiger partial charge in [0.05, 0.1) is 21.3 Å². The van der Waals surface area contributed by atoms with Crippen LogP contribution in [0.25, 0.3) is 0 Å². The molecule has 0 saturated carbocycles. The van der Waals surface area contributed by atoms with E-state index in [-0.39, 0.29) is 33.1 Å². The number of ketones is 1. The molecule has 8 heteroatoms. The lowest BCUT2D eigenvalue weighted by Crippen LogP contribution is -2.24. The molecule has 1 unspecified atom stereocenters. The van der Waals surface area contributed by atoms with Crippen LogP contribution in [0.5, 0.6) is 11.5 Å². The van der Waals surface area contributed by atoms with Crippen molar-refractivity contribution < 1.29 is 26.9 Å². The summed E-state index contributed by atoms with van der Waals surface area (Å²) in [5, 5.41) is 9.05. The molecule has 0 heterocycles. The number of nitrogens with zero attached hydrogens (tertiary/aromatic N) is 1. The summed E-state index contributed by atoms with van der Waals surface area (Å²) in [7, 11) is -1.64. The van der Waals surface area contributed by atoms with Gasteiger partial charge in [-0.3, -0.25) is 9.00 Å². The third kappa shape index (κ3) is 2.91. The van der Waals surface area contributed by atoms with Crippen LogP contribution >= 0.6 is 0 Å². The van der Waals surface area contributed by atoms with Gasteiger partial charge in [0.25, 0.3) is 0 Å². The molecular weight excluding hydrogens is 355 g/mol. The second-order valence-corrected chi connectivity index (χ2v) is 6.78. The summed E-state index contributed by atoms with van der Waals surface area (Å²) < 4.78 is 58.2. The molecule has 0 amide bonds. The highest BCUT2D eigenvalue weighted by molar-refractivity contribution is 7.84. The Hall–Kier alpha value is -2.66. The third-order valence-electron chi connectivity index (χ3n) is 3.78. The molecule has 1 atom stereocenters. The largest absolute Gasteiger partial charge is 0.456 e. The van der Waals surface area contributed by atoms with Crippen molar-refractivity contribution in [2.45, 2.75) is 17.2 Å². The highest BCUT2D eigenvalue weighted by atomic mass is 32.2. The fourth-order valence-electron chi connectivity index (χ4n) is 2.65. The Morgan fingerprint density at radius 2 is 1.92 bits per heavy atom. The molecule has 0 N–H and O–H groups in total. The summed E-state index contributed by atoms with van der Waals surface area (Å²) in [5.41, 5.74) is -0.507. The maximum absolute atomic E-state index is 13.9. The quantitative estimate of drug-likeness (QED) is 0.834. The SMILES string of the molecule is CS(=O)c1ccc(Oc2ccc(F)cc2C#N)c2c1C(=O)C(F)(F)C2. The molecule has 0 fully saturated rings. The monoisotopic (exact) mass is 365 g/mol. The first-order chi connectivity index (χ1) is 11.7. The molecule has 0 aromatic heterocycles. The predicted octanol–water partition coefficient (Wildman–Crippen LogP) is 3.60. The maximum Gasteiger partial charge on any atom is 0.313 e. The number of fused-ring (bicyclic) bond motifs is 1. The van der Waals surface area contributed by atoms with Crippen LogP contribution < -0.4 is 4.74 Å². The molecule has 2 aromatic rings. The van der Waals surface area contributed by atoms with Gasteiger partial charge in [-0.05, 0) is 30.3 Å². The van der Waals surface area contributed by atoms with Crippen LogP contribution in [0, 0.1) is 17.1 Å². The van der Waals surface area contributed by atoms with Crippen molar-refractivity contribution in [2.75, 3.05) is 6.26 Å². The lowest BCUT2D eigenvalue weighted by molar-refractivity contribution is 0.0165. The zero-order chi connectivity index (χ0) is 18.4. The Labute approximate surface area is 143 Å². The Kier molecular flexibility index (Phi) is 4.13. The van der Waals surface area contributed by atoms with Crippen molar-refractivity contribution in [2.24, 2.45) is 0 Å². The van der Waals surface area contributed by atoms with Crippen LogP contribution in [0.4, 0.5) is 13.2 Å². The van der Waals surface area contributed by atoms with Crippen molar-refractivity contribution in [3.8, 4) is 17.6 Å². The average Bonchev–Trinajstić information content (AvgIpc) is 2.80. The highest BCUT2D eigenvalue weighted by Crippen LogP contribution is 2.43. The standard InChI is InChI=1S/C17H10F3NO3S/c1-25(23)14-5-4-13(11-7-17(19,20)16(22)15(11)14)24-12-3-2-10(18)6-9(12)8-21/h2-6H,7H2,1H3. The van der Waals surface area contributed by atoms with Gasteiger partial charge in [-0.15, -0.1) is 0 Å². The Balaban J connectivity index is 2.14. The van der Waals surface area contributed by atoms with Crippen LogP contribution in [0.3, 0.4) is 0 Å². The number of halogens is 3. The number of carbonyl (C=O) groups excluding carboxylic acids is 1. The first kappa shape index (κ1) is 17.2. The van der Waals surface area contributed by atoms with E-state index in [0.29, 0.717) is 0 Å². The number of nitriles is 1. The van der Waals surface area contributed by atoms with Gasteiger partial charge in [0.15, 0.2) is 0 Å². The van der Waals surface area contributed by atoms with E-state index in [9.17, 15) is 22.2 Å². The van der Waals surface area contributed by atoms with E-state index < -0.39 is 34.7 Å². The topological polar surface area (TPSA) is 67.2 Å². The summed E-state index contributed by atoms with van der Waals surface area (Å²) >= 11 is 0. The Morgan fingerprint density at radius 3 is 2.56 bits per heavy atom. The first-order valence-electron chi connectivity index (χ1n) is 7.04. The fourth-order valence-corrected chi connectivity index (χ4v) is 3.41. The molecule has 1 aliphatic rings. The van der Waals surface area contributed by atoms with E-state index in [1.807, 2.05) is 0 Å². The number of carbonyl (C=O) groups is 1. The van der Waals surface area contributed by atoms with Gasteiger partial charge >= 0.3 is 5.92 Å². The van der Waals surface area contributed by atoms with Gasteiger partial charge in [-0.25, -0.2) is 4.39 Å². The smallest absolute Gasteiger partial charge is 0.313 e. The highest BCUT2D eigenvalue weighted by Gasteiger charge is 2.49. The third-order valence-corrected chi connectivity index (χ3v) is 4.74. The Morgan fingerprint density at radius 1 is 1.24 bits per heavy atom. The zero-order valence-electron chi connectivity index (χ0n) is 12.8. The van der Waals surface area contributed by atoms with E-state index in [1.54, 1.807) is 6.07 Å². The Bertz CT molecular complexity index is 966. The fraction of sp³-hybridized carbons (Fsp3) is 0.176. The molecule has 4 nitrogen and oxygen atoms in total. The number of alkyl halides is 2. The predicted molar refractivity (Wildman–Crippen MR) is 82.9 cm³/mol. The molecular formula is C17H10F3NO3S. The van der Waals surface area contributed by atoms with Crippen molar-refractivity contribution in [1.82, 2.24) is 0 Å². The molecule has 2 aromatic carbocycles. The van der Waals surface area contributed by atoms with Crippen LogP contribution in [0.2, 0.25) is 0 Å². The minimum Gasteiger partial charge on any atom is -0.456 e. The molecule has 0 aliphatic heterocycles. The summed E-state index contributed by atoms with van der Waals surface area (Å²) in [6, 6.07) is 7.55. The molecule has 1 aliphatic carbocycles. The van der Waals surface area contributed by atoms with Crippen LogP contribution in [0.1, 0.15) is 21.5 Å². The lowest BCUT2D eigenvalue weighted by atomic mass is 10.1. The van der Waals surface area contributed by atoms with E-state index in [2.05, 4.69) is 0 Å². The van der Waals surface area contributed by atoms with Gasteiger partial charge in [-0.1, -0.05) is 0 Å². The van der Waals surface area contributed by atoms with E-state index in [0.717, 1.165) is 12.1 Å². The van der Waals surface area contributed by atoms with Crippen LogP contribution in [0.15, 0.2) is 35.2 Å². The maximum atomic E-state index is 13.9. The second-order valence-electron chi connectivity index (χ2n) is 5.43. The average molecular weight is 365 g/mol. The van der Waals surface area contributed by atoms with Crippen molar-refractivity contribution in [3.63, 3.8) is 0 Å². The van der Waals surface area contributed by atoms with Gasteiger partial charge < -0.3 is 4.74 Å². The molecule has 128 valence electrons. The van der Waals surface area contributed by atoms with Gasteiger partial charge in [0.1, 0.15) is 23.4 Å². The minimum absolute atomic E-state index is 0.00383. The zero-order valence-corrected chi connectivity index (χ0v) is 13.6. The number of ether oxygens (including phenoxy) is 1. The lowest BCUT2D eigenvalue weighted by Gasteiger charge is -2.12. The van der Waals surface area contributed by atoms with Crippen molar-refractivity contribution in [1.29, 1.82) is 5.26 Å². The minimum atomic E-state index is -3.61. The molecule has 0 bridgehead atoms. The summed E-state index contributed by atoms with van der Waals surface area (Å²) in [5.74, 6) is -5.75. The number of benzene rings is 2.